The van der Waals surface area contributed by atoms with Crippen molar-refractivity contribution in [2.45, 2.75) is 20.3 Å². The summed E-state index contributed by atoms with van der Waals surface area (Å²) in [5, 5.41) is 8.83. The van der Waals surface area contributed by atoms with Crippen molar-refractivity contribution >= 4 is 11.4 Å². The smallest absolute Gasteiger partial charge is 0.0447 e. The zero-order valence-corrected chi connectivity index (χ0v) is 9.53. The summed E-state index contributed by atoms with van der Waals surface area (Å²) in [5.41, 5.74) is 8.96. The average molecular weight is 208 g/mol. The van der Waals surface area contributed by atoms with E-state index < -0.39 is 0 Å². The largest absolute Gasteiger partial charge is 0.399 e. The van der Waals surface area contributed by atoms with Crippen LogP contribution in [0.2, 0.25) is 0 Å². The Kier molecular flexibility index (Phi) is 4.43. The van der Waals surface area contributed by atoms with E-state index in [0.717, 1.165) is 25.2 Å². The lowest BCUT2D eigenvalue weighted by Crippen LogP contribution is -2.25. The zero-order valence-electron chi connectivity index (χ0n) is 9.53. The number of nitrogens with two attached hydrogens (primary N) is 1. The van der Waals surface area contributed by atoms with Crippen LogP contribution in [0.3, 0.4) is 0 Å². The van der Waals surface area contributed by atoms with Crippen LogP contribution in [0.1, 0.15) is 18.9 Å². The first-order chi connectivity index (χ1) is 7.19. The van der Waals surface area contributed by atoms with Crippen LogP contribution in [0.4, 0.5) is 11.4 Å². The number of hydrogen-bond donors (Lipinski definition) is 2. The Morgan fingerprint density at radius 2 is 2.13 bits per heavy atom. The average Bonchev–Trinajstić information content (AvgIpc) is 2.24. The molecule has 0 fully saturated rings. The number of aliphatic hydroxyl groups excluding tert-OH is 1. The number of nitrogens with zero attached hydrogens (tertiary/aromatic N) is 1. The molecular formula is C12H20N2O. The van der Waals surface area contributed by atoms with Crippen LogP contribution in [0.15, 0.2) is 18.2 Å². The van der Waals surface area contributed by atoms with Gasteiger partial charge in [-0.15, -0.1) is 0 Å². The van der Waals surface area contributed by atoms with Gasteiger partial charge in [0.25, 0.3) is 0 Å². The molecule has 3 N–H and O–H groups in total. The number of anilines is 2. The third kappa shape index (κ3) is 3.13. The topological polar surface area (TPSA) is 49.5 Å². The van der Waals surface area contributed by atoms with Gasteiger partial charge in [-0.1, -0.05) is 6.07 Å². The summed E-state index contributed by atoms with van der Waals surface area (Å²) in [6, 6.07) is 5.95. The molecule has 0 aromatic heterocycles. The maximum atomic E-state index is 8.83. The van der Waals surface area contributed by atoms with E-state index >= 15 is 0 Å². The molecule has 0 amide bonds. The summed E-state index contributed by atoms with van der Waals surface area (Å²) in [6.45, 7) is 6.23. The minimum atomic E-state index is 0.234. The SMILES string of the molecule is CCN(CCCO)c1cc(N)ccc1C. The summed E-state index contributed by atoms with van der Waals surface area (Å²) < 4.78 is 0. The van der Waals surface area contributed by atoms with E-state index in [2.05, 4.69) is 18.7 Å². The predicted molar refractivity (Wildman–Crippen MR) is 65.2 cm³/mol. The first-order valence-corrected chi connectivity index (χ1v) is 5.41. The van der Waals surface area contributed by atoms with Crippen molar-refractivity contribution in [2.24, 2.45) is 0 Å². The molecule has 3 heteroatoms. The molecule has 1 aromatic carbocycles. The molecule has 0 atom stereocenters. The van der Waals surface area contributed by atoms with Gasteiger partial charge in [0.15, 0.2) is 0 Å². The van der Waals surface area contributed by atoms with Gasteiger partial charge in [0.05, 0.1) is 0 Å². The highest BCUT2D eigenvalue weighted by atomic mass is 16.3. The number of benzene rings is 1. The van der Waals surface area contributed by atoms with Crippen LogP contribution < -0.4 is 10.6 Å². The van der Waals surface area contributed by atoms with Gasteiger partial charge in [0.1, 0.15) is 0 Å². The van der Waals surface area contributed by atoms with Gasteiger partial charge in [0, 0.05) is 31.1 Å². The summed E-state index contributed by atoms with van der Waals surface area (Å²) in [7, 11) is 0. The van der Waals surface area contributed by atoms with E-state index in [4.69, 9.17) is 10.8 Å². The normalized spacial score (nSPS) is 10.3. The predicted octanol–water partition coefficient (Wildman–Crippen LogP) is 1.79. The van der Waals surface area contributed by atoms with Crippen molar-refractivity contribution in [1.82, 2.24) is 0 Å². The Morgan fingerprint density at radius 3 is 2.73 bits per heavy atom. The maximum absolute atomic E-state index is 8.83. The van der Waals surface area contributed by atoms with Gasteiger partial charge in [-0.2, -0.15) is 0 Å². The lowest BCUT2D eigenvalue weighted by Gasteiger charge is -2.25. The maximum Gasteiger partial charge on any atom is 0.0447 e. The molecule has 0 bridgehead atoms. The number of nitrogen functional groups attached to an aromatic ring is 1. The molecule has 15 heavy (non-hydrogen) atoms. The molecule has 0 aliphatic heterocycles. The molecule has 1 aromatic rings. The van der Waals surface area contributed by atoms with Crippen LogP contribution in [-0.4, -0.2) is 24.8 Å². The van der Waals surface area contributed by atoms with E-state index in [9.17, 15) is 0 Å². The Hall–Kier alpha value is -1.22. The third-order valence-corrected chi connectivity index (χ3v) is 2.54. The van der Waals surface area contributed by atoms with Crippen molar-refractivity contribution in [2.75, 3.05) is 30.3 Å². The summed E-state index contributed by atoms with van der Waals surface area (Å²) >= 11 is 0. The fourth-order valence-corrected chi connectivity index (χ4v) is 1.68. The van der Waals surface area contributed by atoms with Crippen LogP contribution >= 0.6 is 0 Å². The molecule has 3 nitrogen and oxygen atoms in total. The zero-order chi connectivity index (χ0) is 11.3. The second kappa shape index (κ2) is 5.61. The quantitative estimate of drug-likeness (QED) is 0.725. The lowest BCUT2D eigenvalue weighted by molar-refractivity contribution is 0.289. The van der Waals surface area contributed by atoms with Crippen molar-refractivity contribution in [3.05, 3.63) is 23.8 Å². The summed E-state index contributed by atoms with van der Waals surface area (Å²) in [4.78, 5) is 2.24. The standard InChI is InChI=1S/C12H20N2O/c1-3-14(7-4-8-15)12-9-11(13)6-5-10(12)2/h5-6,9,15H,3-4,7-8,13H2,1-2H3. The number of aliphatic hydroxyl groups is 1. The van der Waals surface area contributed by atoms with Gasteiger partial charge in [-0.25, -0.2) is 0 Å². The Bertz CT molecular complexity index is 312. The van der Waals surface area contributed by atoms with Gasteiger partial charge in [-0.05, 0) is 38.0 Å². The Balaban J connectivity index is 2.85. The molecule has 0 heterocycles. The van der Waals surface area contributed by atoms with E-state index in [0.29, 0.717) is 0 Å². The molecule has 0 spiro atoms. The molecule has 0 radical (unpaired) electrons. The molecular weight excluding hydrogens is 188 g/mol. The minimum absolute atomic E-state index is 0.234. The van der Waals surface area contributed by atoms with Crippen molar-refractivity contribution < 1.29 is 5.11 Å². The van der Waals surface area contributed by atoms with Crippen LogP contribution in [-0.2, 0) is 0 Å². The molecule has 0 saturated heterocycles. The molecule has 0 unspecified atom stereocenters. The third-order valence-electron chi connectivity index (χ3n) is 2.54. The first-order valence-electron chi connectivity index (χ1n) is 5.41. The molecule has 0 aliphatic carbocycles. The van der Waals surface area contributed by atoms with Gasteiger partial charge in [0.2, 0.25) is 0 Å². The van der Waals surface area contributed by atoms with Crippen molar-refractivity contribution in [1.29, 1.82) is 0 Å². The van der Waals surface area contributed by atoms with Crippen LogP contribution in [0.25, 0.3) is 0 Å². The van der Waals surface area contributed by atoms with Crippen LogP contribution in [0, 0.1) is 6.92 Å². The Morgan fingerprint density at radius 1 is 1.40 bits per heavy atom. The summed E-state index contributed by atoms with van der Waals surface area (Å²) in [6.07, 6.45) is 0.794. The van der Waals surface area contributed by atoms with E-state index in [1.54, 1.807) is 0 Å². The number of hydrogen-bond acceptors (Lipinski definition) is 3. The molecule has 84 valence electrons. The second-order valence-corrected chi connectivity index (χ2v) is 3.70. The highest BCUT2D eigenvalue weighted by Gasteiger charge is 2.06. The highest BCUT2D eigenvalue weighted by Crippen LogP contribution is 2.22. The van der Waals surface area contributed by atoms with E-state index in [1.807, 2.05) is 18.2 Å². The molecule has 0 aliphatic rings. The number of aryl methyl sites for hydroxylation is 1. The minimum Gasteiger partial charge on any atom is -0.399 e. The molecule has 0 saturated carbocycles. The van der Waals surface area contributed by atoms with Crippen LogP contribution in [0.5, 0.6) is 0 Å². The highest BCUT2D eigenvalue weighted by molar-refractivity contribution is 5.60. The van der Waals surface area contributed by atoms with Gasteiger partial charge < -0.3 is 15.7 Å². The second-order valence-electron chi connectivity index (χ2n) is 3.70. The monoisotopic (exact) mass is 208 g/mol. The number of rotatable bonds is 5. The van der Waals surface area contributed by atoms with Crippen molar-refractivity contribution in [3.8, 4) is 0 Å². The van der Waals surface area contributed by atoms with Gasteiger partial charge >= 0.3 is 0 Å². The summed E-state index contributed by atoms with van der Waals surface area (Å²) in [5.74, 6) is 0. The molecule has 1 rings (SSSR count). The fourth-order valence-electron chi connectivity index (χ4n) is 1.68. The fraction of sp³-hybridized carbons (Fsp3) is 0.500. The lowest BCUT2D eigenvalue weighted by atomic mass is 10.1. The van der Waals surface area contributed by atoms with E-state index in [1.165, 1.54) is 11.3 Å². The Labute approximate surface area is 91.5 Å². The first kappa shape index (κ1) is 11.9. The van der Waals surface area contributed by atoms with E-state index in [-0.39, 0.29) is 6.61 Å². The van der Waals surface area contributed by atoms with Gasteiger partial charge in [-0.3, -0.25) is 0 Å². The van der Waals surface area contributed by atoms with Crippen molar-refractivity contribution in [3.63, 3.8) is 0 Å².